The Kier molecular flexibility index (Phi) is 2.20. The molecule has 1 aliphatic rings. The van der Waals surface area contributed by atoms with Gasteiger partial charge in [0.2, 0.25) is 0 Å². The molecule has 76 valence electrons. The number of halogens is 4. The second kappa shape index (κ2) is 3.14. The highest BCUT2D eigenvalue weighted by molar-refractivity contribution is 6.31. The standard InChI is InChI=1S/C9H7ClF3N/c10-7-3-5(9(11,12)13)1-2-6(7)8-4-14-8/h1-3,8,14H,4H2/t8-/m1/s1. The number of nitrogens with one attached hydrogen (secondary N) is 1. The minimum Gasteiger partial charge on any atom is -0.307 e. The molecular formula is C9H7ClF3N. The van der Waals surface area contributed by atoms with E-state index in [0.717, 1.165) is 24.2 Å². The van der Waals surface area contributed by atoms with Crippen molar-refractivity contribution in [3.05, 3.63) is 34.3 Å². The number of benzene rings is 1. The Bertz CT molecular complexity index is 358. The molecule has 0 bridgehead atoms. The third kappa shape index (κ3) is 1.86. The fraction of sp³-hybridized carbons (Fsp3) is 0.333. The molecule has 1 nitrogen and oxygen atoms in total. The molecule has 0 aromatic heterocycles. The van der Waals surface area contributed by atoms with E-state index in [-0.39, 0.29) is 11.1 Å². The molecule has 1 aliphatic heterocycles. The van der Waals surface area contributed by atoms with E-state index in [4.69, 9.17) is 11.6 Å². The van der Waals surface area contributed by atoms with Crippen LogP contribution in [0.3, 0.4) is 0 Å². The molecule has 0 amide bonds. The van der Waals surface area contributed by atoms with Gasteiger partial charge in [0, 0.05) is 17.6 Å². The average Bonchev–Trinajstić information content (AvgIpc) is 2.85. The number of hydrogen-bond donors (Lipinski definition) is 1. The summed E-state index contributed by atoms with van der Waals surface area (Å²) in [5, 5.41) is 3.16. The topological polar surface area (TPSA) is 21.9 Å². The molecule has 0 aliphatic carbocycles. The van der Waals surface area contributed by atoms with Crippen LogP contribution in [0.1, 0.15) is 17.2 Å². The zero-order valence-corrected chi connectivity index (χ0v) is 7.78. The largest absolute Gasteiger partial charge is 0.416 e. The summed E-state index contributed by atoms with van der Waals surface area (Å²) in [5.41, 5.74) is 0.0339. The quantitative estimate of drug-likeness (QED) is 0.724. The summed E-state index contributed by atoms with van der Waals surface area (Å²) in [6.45, 7) is 0.783. The van der Waals surface area contributed by atoms with E-state index in [2.05, 4.69) is 5.32 Å². The zero-order chi connectivity index (χ0) is 10.3. The molecule has 0 unspecified atom stereocenters. The molecule has 0 saturated carbocycles. The summed E-state index contributed by atoms with van der Waals surface area (Å²) < 4.78 is 36.7. The second-order valence-corrected chi connectivity index (χ2v) is 3.60. The van der Waals surface area contributed by atoms with E-state index < -0.39 is 11.7 Å². The van der Waals surface area contributed by atoms with Crippen LogP contribution in [0, 0.1) is 0 Å². The van der Waals surface area contributed by atoms with Crippen LogP contribution in [0.5, 0.6) is 0 Å². The summed E-state index contributed by atoms with van der Waals surface area (Å²) >= 11 is 5.73. The summed E-state index contributed by atoms with van der Waals surface area (Å²) in [5.74, 6) is 0. The van der Waals surface area contributed by atoms with Crippen LogP contribution in [-0.2, 0) is 6.18 Å². The molecule has 14 heavy (non-hydrogen) atoms. The van der Waals surface area contributed by atoms with Gasteiger partial charge in [0.1, 0.15) is 0 Å². The molecule has 1 N–H and O–H groups in total. The van der Waals surface area contributed by atoms with Crippen molar-refractivity contribution < 1.29 is 13.2 Å². The predicted octanol–water partition coefficient (Wildman–Crippen LogP) is 3.00. The minimum absolute atomic E-state index is 0.129. The van der Waals surface area contributed by atoms with Crippen LogP contribution in [0.25, 0.3) is 0 Å². The third-order valence-corrected chi connectivity index (χ3v) is 2.44. The van der Waals surface area contributed by atoms with Crippen molar-refractivity contribution in [1.29, 1.82) is 0 Å². The Balaban J connectivity index is 2.35. The Morgan fingerprint density at radius 1 is 1.36 bits per heavy atom. The van der Waals surface area contributed by atoms with Crippen molar-refractivity contribution in [2.75, 3.05) is 6.54 Å². The Morgan fingerprint density at radius 3 is 2.43 bits per heavy atom. The van der Waals surface area contributed by atoms with E-state index in [9.17, 15) is 13.2 Å². The van der Waals surface area contributed by atoms with Crippen molar-refractivity contribution in [1.82, 2.24) is 5.32 Å². The van der Waals surface area contributed by atoms with Crippen molar-refractivity contribution >= 4 is 11.6 Å². The normalized spacial score (nSPS) is 21.0. The van der Waals surface area contributed by atoms with Gasteiger partial charge in [-0.2, -0.15) is 13.2 Å². The molecule has 1 atom stereocenters. The second-order valence-electron chi connectivity index (χ2n) is 3.19. The van der Waals surface area contributed by atoms with E-state index >= 15 is 0 Å². The fourth-order valence-corrected chi connectivity index (χ4v) is 1.58. The highest BCUT2D eigenvalue weighted by Crippen LogP contribution is 2.35. The first-order chi connectivity index (χ1) is 6.48. The maximum Gasteiger partial charge on any atom is 0.416 e. The number of rotatable bonds is 1. The monoisotopic (exact) mass is 221 g/mol. The summed E-state index contributed by atoms with van der Waals surface area (Å²) in [6.07, 6.45) is -4.32. The molecule has 1 fully saturated rings. The Morgan fingerprint density at radius 2 is 2.00 bits per heavy atom. The van der Waals surface area contributed by atoms with Gasteiger partial charge < -0.3 is 5.32 Å². The van der Waals surface area contributed by atoms with Crippen molar-refractivity contribution in [3.8, 4) is 0 Å². The van der Waals surface area contributed by atoms with Crippen LogP contribution in [0.2, 0.25) is 5.02 Å². The molecular weight excluding hydrogens is 215 g/mol. The van der Waals surface area contributed by atoms with Crippen molar-refractivity contribution in [2.24, 2.45) is 0 Å². The lowest BCUT2D eigenvalue weighted by molar-refractivity contribution is -0.137. The van der Waals surface area contributed by atoms with Gasteiger partial charge in [0.05, 0.1) is 5.56 Å². The first kappa shape index (κ1) is 9.80. The summed E-state index contributed by atoms with van der Waals surface area (Å²) in [7, 11) is 0. The first-order valence-electron chi connectivity index (χ1n) is 4.08. The van der Waals surface area contributed by atoms with Gasteiger partial charge in [-0.1, -0.05) is 17.7 Å². The maximum atomic E-state index is 12.2. The van der Waals surface area contributed by atoms with E-state index in [1.165, 1.54) is 6.07 Å². The van der Waals surface area contributed by atoms with E-state index in [0.29, 0.717) is 0 Å². The van der Waals surface area contributed by atoms with Gasteiger partial charge in [0.25, 0.3) is 0 Å². The first-order valence-corrected chi connectivity index (χ1v) is 4.46. The SMILES string of the molecule is FC(F)(F)c1ccc([C@H]2CN2)c(Cl)c1. The molecule has 1 aromatic rings. The summed E-state index contributed by atoms with van der Waals surface area (Å²) in [4.78, 5) is 0. The predicted molar refractivity (Wildman–Crippen MR) is 47.2 cm³/mol. The van der Waals surface area contributed by atoms with Crippen LogP contribution in [-0.4, -0.2) is 6.54 Å². The van der Waals surface area contributed by atoms with Crippen LogP contribution in [0.15, 0.2) is 18.2 Å². The Labute approximate surface area is 83.9 Å². The van der Waals surface area contributed by atoms with Crippen LogP contribution in [0.4, 0.5) is 13.2 Å². The molecule has 0 spiro atoms. The lowest BCUT2D eigenvalue weighted by Crippen LogP contribution is -2.05. The number of alkyl halides is 3. The number of hydrogen-bond acceptors (Lipinski definition) is 1. The van der Waals surface area contributed by atoms with Gasteiger partial charge >= 0.3 is 6.18 Å². The van der Waals surface area contributed by atoms with Gasteiger partial charge in [-0.3, -0.25) is 0 Å². The van der Waals surface area contributed by atoms with Gasteiger partial charge in [-0.05, 0) is 17.7 Å². The molecule has 1 saturated heterocycles. The van der Waals surface area contributed by atoms with Crippen molar-refractivity contribution in [2.45, 2.75) is 12.2 Å². The highest BCUT2D eigenvalue weighted by atomic mass is 35.5. The molecule has 1 heterocycles. The lowest BCUT2D eigenvalue weighted by atomic mass is 10.1. The molecule has 1 aromatic carbocycles. The summed E-state index contributed by atoms with van der Waals surface area (Å²) in [6, 6.07) is 3.58. The van der Waals surface area contributed by atoms with Gasteiger partial charge in [0.15, 0.2) is 0 Å². The van der Waals surface area contributed by atoms with Gasteiger partial charge in [-0.25, -0.2) is 0 Å². The molecule has 5 heteroatoms. The Hall–Kier alpha value is -0.740. The van der Waals surface area contributed by atoms with Crippen molar-refractivity contribution in [3.63, 3.8) is 0 Å². The minimum atomic E-state index is -4.32. The third-order valence-electron chi connectivity index (χ3n) is 2.11. The van der Waals surface area contributed by atoms with E-state index in [1.807, 2.05) is 0 Å². The molecule has 0 radical (unpaired) electrons. The maximum absolute atomic E-state index is 12.2. The average molecular weight is 222 g/mol. The van der Waals surface area contributed by atoms with Gasteiger partial charge in [-0.15, -0.1) is 0 Å². The van der Waals surface area contributed by atoms with Crippen LogP contribution >= 0.6 is 11.6 Å². The van der Waals surface area contributed by atoms with Crippen LogP contribution < -0.4 is 5.32 Å². The lowest BCUT2D eigenvalue weighted by Gasteiger charge is -2.08. The zero-order valence-electron chi connectivity index (χ0n) is 7.03. The van der Waals surface area contributed by atoms with E-state index in [1.54, 1.807) is 0 Å². The highest BCUT2D eigenvalue weighted by Gasteiger charge is 2.32. The molecule has 2 rings (SSSR count). The smallest absolute Gasteiger partial charge is 0.307 e. The fourth-order valence-electron chi connectivity index (χ4n) is 1.26.